The summed E-state index contributed by atoms with van der Waals surface area (Å²) in [6.45, 7) is 8.35. The second-order valence-electron chi connectivity index (χ2n) is 5.53. The molecule has 2 aromatic carbocycles. The number of benzene rings is 2. The highest BCUT2D eigenvalue weighted by Gasteiger charge is 2.05. The van der Waals surface area contributed by atoms with Crippen molar-refractivity contribution in [3.05, 3.63) is 75.9 Å². The lowest BCUT2D eigenvalue weighted by Crippen LogP contribution is -2.19. The Morgan fingerprint density at radius 2 is 2.00 bits per heavy atom. The summed E-state index contributed by atoms with van der Waals surface area (Å²) in [6.07, 6.45) is 2.67. The maximum Gasteiger partial charge on any atom is 0.122 e. The summed E-state index contributed by atoms with van der Waals surface area (Å²) in [5.74, 6) is 0.331. The second-order valence-corrected chi connectivity index (χ2v) is 5.53. The van der Waals surface area contributed by atoms with Gasteiger partial charge in [-0.05, 0) is 30.7 Å². The Morgan fingerprint density at radius 1 is 1.27 bits per heavy atom. The van der Waals surface area contributed by atoms with Crippen LogP contribution in [0.1, 0.15) is 16.7 Å². The molecule has 1 heterocycles. The molecule has 0 aliphatic carbocycles. The highest BCUT2D eigenvalue weighted by atomic mass is 16.3. The first-order valence-corrected chi connectivity index (χ1v) is 7.29. The molecule has 3 heteroatoms. The Hall–Kier alpha value is -2.55. The SMILES string of the molecule is C1=c2ccccc2=NC1.C=C(N)Cc1cc(C)cc(C)c1O. The molecule has 0 fully saturated rings. The van der Waals surface area contributed by atoms with Crippen molar-refractivity contribution < 1.29 is 5.11 Å². The first kappa shape index (κ1) is 15.8. The summed E-state index contributed by atoms with van der Waals surface area (Å²) >= 11 is 0. The Kier molecular flexibility index (Phi) is 4.99. The number of para-hydroxylation sites is 1. The molecule has 0 saturated carbocycles. The predicted octanol–water partition coefficient (Wildman–Crippen LogP) is 2.12. The van der Waals surface area contributed by atoms with Crippen molar-refractivity contribution in [2.45, 2.75) is 20.3 Å². The molecule has 0 saturated heterocycles. The molecule has 3 N–H and O–H groups in total. The number of aryl methyl sites for hydroxylation is 2. The van der Waals surface area contributed by atoms with Crippen LogP contribution in [0.4, 0.5) is 0 Å². The molecule has 3 nitrogen and oxygen atoms in total. The van der Waals surface area contributed by atoms with Crippen LogP contribution in [0.2, 0.25) is 0 Å². The van der Waals surface area contributed by atoms with E-state index in [2.05, 4.69) is 23.7 Å². The zero-order valence-electron chi connectivity index (χ0n) is 13.1. The third-order valence-electron chi connectivity index (χ3n) is 3.45. The van der Waals surface area contributed by atoms with Gasteiger partial charge < -0.3 is 10.8 Å². The lowest BCUT2D eigenvalue weighted by Gasteiger charge is -2.08. The van der Waals surface area contributed by atoms with Gasteiger partial charge in [0, 0.05) is 17.7 Å². The fraction of sp³-hybridized carbons (Fsp3) is 0.211. The second kappa shape index (κ2) is 6.94. The van der Waals surface area contributed by atoms with Crippen LogP contribution >= 0.6 is 0 Å². The molecule has 0 unspecified atom stereocenters. The molecule has 0 radical (unpaired) electrons. The summed E-state index contributed by atoms with van der Waals surface area (Å²) in [7, 11) is 0. The summed E-state index contributed by atoms with van der Waals surface area (Å²) in [4.78, 5) is 4.24. The topological polar surface area (TPSA) is 58.6 Å². The van der Waals surface area contributed by atoms with E-state index in [0.717, 1.165) is 28.6 Å². The van der Waals surface area contributed by atoms with Crippen LogP contribution in [0.5, 0.6) is 5.75 Å². The monoisotopic (exact) mass is 294 g/mol. The number of phenols is 1. The highest BCUT2D eigenvalue weighted by molar-refractivity contribution is 5.44. The number of hydrogen-bond acceptors (Lipinski definition) is 3. The van der Waals surface area contributed by atoms with Crippen molar-refractivity contribution in [3.63, 3.8) is 0 Å². The summed E-state index contributed by atoms with van der Waals surface area (Å²) in [6, 6.07) is 12.1. The fourth-order valence-corrected chi connectivity index (χ4v) is 2.47. The maximum atomic E-state index is 9.67. The zero-order chi connectivity index (χ0) is 16.1. The minimum absolute atomic E-state index is 0.331. The average Bonchev–Trinajstić information content (AvgIpc) is 2.93. The largest absolute Gasteiger partial charge is 0.507 e. The van der Waals surface area contributed by atoms with Gasteiger partial charge in [-0.25, -0.2) is 0 Å². The maximum absolute atomic E-state index is 9.67. The van der Waals surface area contributed by atoms with Crippen LogP contribution in [-0.2, 0) is 6.42 Å². The number of nitrogens with two attached hydrogens (primary N) is 1. The van der Waals surface area contributed by atoms with Gasteiger partial charge in [-0.2, -0.15) is 0 Å². The average molecular weight is 294 g/mol. The van der Waals surface area contributed by atoms with Crippen molar-refractivity contribution in [3.8, 4) is 5.75 Å². The molecular formula is C19H22N2O. The molecule has 22 heavy (non-hydrogen) atoms. The minimum Gasteiger partial charge on any atom is -0.507 e. The predicted molar refractivity (Wildman–Crippen MR) is 91.2 cm³/mol. The molecule has 1 aliphatic heterocycles. The Balaban J connectivity index is 0.000000170. The molecule has 0 amide bonds. The number of rotatable bonds is 2. The fourth-order valence-electron chi connectivity index (χ4n) is 2.47. The summed E-state index contributed by atoms with van der Waals surface area (Å²) in [5.41, 5.74) is 8.93. The van der Waals surface area contributed by atoms with Gasteiger partial charge in [0.2, 0.25) is 0 Å². The highest BCUT2D eigenvalue weighted by Crippen LogP contribution is 2.24. The molecule has 3 rings (SSSR count). The summed E-state index contributed by atoms with van der Waals surface area (Å²) < 4.78 is 0. The van der Waals surface area contributed by atoms with Crippen molar-refractivity contribution in [1.29, 1.82) is 0 Å². The van der Waals surface area contributed by atoms with E-state index in [9.17, 15) is 5.11 Å². The number of nitrogens with zero attached hydrogens (tertiary/aromatic N) is 1. The van der Waals surface area contributed by atoms with Crippen molar-refractivity contribution in [1.82, 2.24) is 0 Å². The van der Waals surface area contributed by atoms with E-state index in [-0.39, 0.29) is 0 Å². The van der Waals surface area contributed by atoms with Gasteiger partial charge in [-0.3, -0.25) is 4.99 Å². The third kappa shape index (κ3) is 3.98. The number of aromatic hydroxyl groups is 1. The first-order chi connectivity index (χ1) is 10.5. The van der Waals surface area contributed by atoms with Crippen molar-refractivity contribution in [2.24, 2.45) is 10.7 Å². The third-order valence-corrected chi connectivity index (χ3v) is 3.45. The van der Waals surface area contributed by atoms with E-state index < -0.39 is 0 Å². The van der Waals surface area contributed by atoms with Gasteiger partial charge >= 0.3 is 0 Å². The van der Waals surface area contributed by atoms with E-state index in [4.69, 9.17) is 5.73 Å². The number of allylic oxidation sites excluding steroid dienone is 1. The number of fused-ring (bicyclic) bond motifs is 1. The van der Waals surface area contributed by atoms with Crippen LogP contribution in [0.15, 0.2) is 53.7 Å². The van der Waals surface area contributed by atoms with Gasteiger partial charge in [0.05, 0.1) is 11.9 Å². The molecule has 0 spiro atoms. The molecule has 0 bridgehead atoms. The standard InChI is InChI=1S/C11H15NO.C8H7N/c1-7-4-8(2)11(13)10(5-7)6-9(3)12;1-2-4-8-7(3-1)5-6-9-8/h4-5,13H,3,6,12H2,1-2H3;1-5H,6H2. The van der Waals surface area contributed by atoms with E-state index in [1.54, 1.807) is 0 Å². The Labute approximate surface area is 131 Å². The molecule has 114 valence electrons. The lowest BCUT2D eigenvalue weighted by atomic mass is 10.0. The number of hydrogen-bond donors (Lipinski definition) is 2. The van der Waals surface area contributed by atoms with Gasteiger partial charge in [0.25, 0.3) is 0 Å². The number of phenolic OH excluding ortho intramolecular Hbond substituents is 1. The quantitative estimate of drug-likeness (QED) is 0.891. The van der Waals surface area contributed by atoms with Crippen molar-refractivity contribution >= 4 is 6.08 Å². The zero-order valence-corrected chi connectivity index (χ0v) is 13.1. The van der Waals surface area contributed by atoms with Gasteiger partial charge in [0.1, 0.15) is 5.75 Å². The minimum atomic E-state index is 0.331. The van der Waals surface area contributed by atoms with Crippen LogP contribution in [0.3, 0.4) is 0 Å². The van der Waals surface area contributed by atoms with E-state index in [0.29, 0.717) is 17.9 Å². The molecule has 0 atom stereocenters. The van der Waals surface area contributed by atoms with E-state index in [1.807, 2.05) is 44.2 Å². The van der Waals surface area contributed by atoms with E-state index >= 15 is 0 Å². The van der Waals surface area contributed by atoms with Crippen LogP contribution in [0, 0.1) is 13.8 Å². The van der Waals surface area contributed by atoms with Crippen LogP contribution < -0.4 is 16.3 Å². The first-order valence-electron chi connectivity index (χ1n) is 7.29. The molecule has 1 aliphatic rings. The van der Waals surface area contributed by atoms with Crippen LogP contribution in [0.25, 0.3) is 6.08 Å². The Morgan fingerprint density at radius 3 is 2.68 bits per heavy atom. The van der Waals surface area contributed by atoms with Gasteiger partial charge in [-0.1, -0.05) is 48.6 Å². The van der Waals surface area contributed by atoms with Crippen molar-refractivity contribution in [2.75, 3.05) is 6.54 Å². The van der Waals surface area contributed by atoms with Gasteiger partial charge in [0.15, 0.2) is 0 Å². The smallest absolute Gasteiger partial charge is 0.122 e. The molecule has 0 aromatic heterocycles. The summed E-state index contributed by atoms with van der Waals surface area (Å²) in [5, 5.41) is 12.1. The van der Waals surface area contributed by atoms with Crippen LogP contribution in [-0.4, -0.2) is 11.7 Å². The lowest BCUT2D eigenvalue weighted by molar-refractivity contribution is 0.465. The molecular weight excluding hydrogens is 272 g/mol. The normalized spacial score (nSPS) is 11.5. The Bertz CT molecular complexity index is 774. The van der Waals surface area contributed by atoms with Gasteiger partial charge in [-0.15, -0.1) is 0 Å². The van der Waals surface area contributed by atoms with E-state index in [1.165, 1.54) is 5.22 Å². The molecule has 2 aromatic rings.